The molecule has 2 aromatic carbocycles. The van der Waals surface area contributed by atoms with Crippen LogP contribution in [0.2, 0.25) is 0 Å². The number of benzene rings is 2. The molecule has 0 atom stereocenters. The largest absolute Gasteiger partial charge is 0.325 e. The molecule has 0 aromatic heterocycles. The standard InChI is InChI=1S/C42H74N2/c1-7-9-11-13-15-17-19-21-23-25-35-43(3,4)37-39-27-31-41(32-28-39)42-33-29-40(30-34-42)38-44(5,6)36-26-24-22-20-18-16-14-12-10-8-2/h27-34H,7-26,35-38H2,1-6H3/q+2. The molecule has 0 fully saturated rings. The zero-order chi connectivity index (χ0) is 31.9. The van der Waals surface area contributed by atoms with Crippen LogP contribution in [0.1, 0.15) is 153 Å². The predicted octanol–water partition coefficient (Wildman–Crippen LogP) is 12.3. The number of nitrogens with zero attached hydrogens (tertiary/aromatic N) is 2. The van der Waals surface area contributed by atoms with Gasteiger partial charge >= 0.3 is 0 Å². The van der Waals surface area contributed by atoms with Crippen molar-refractivity contribution in [2.45, 2.75) is 155 Å². The number of rotatable bonds is 27. The second kappa shape index (κ2) is 22.8. The topological polar surface area (TPSA) is 0 Å². The van der Waals surface area contributed by atoms with Crippen molar-refractivity contribution in [2.75, 3.05) is 41.3 Å². The summed E-state index contributed by atoms with van der Waals surface area (Å²) in [7, 11) is 9.60. The molecule has 0 unspecified atom stereocenters. The number of hydrogen-bond acceptors (Lipinski definition) is 0. The van der Waals surface area contributed by atoms with Gasteiger partial charge in [-0.3, -0.25) is 0 Å². The summed E-state index contributed by atoms with van der Waals surface area (Å²) < 4.78 is 2.16. The molecule has 250 valence electrons. The molecule has 2 rings (SSSR count). The van der Waals surface area contributed by atoms with E-state index in [2.05, 4.69) is 90.6 Å². The molecule has 2 aromatic rings. The highest BCUT2D eigenvalue weighted by atomic mass is 15.3. The summed E-state index contributed by atoms with van der Waals surface area (Å²) in [6, 6.07) is 18.7. The highest BCUT2D eigenvalue weighted by molar-refractivity contribution is 5.63. The fourth-order valence-electron chi connectivity index (χ4n) is 6.81. The average molecular weight is 607 g/mol. The van der Waals surface area contributed by atoms with Crippen molar-refractivity contribution in [3.05, 3.63) is 59.7 Å². The van der Waals surface area contributed by atoms with Gasteiger partial charge in [0.05, 0.1) is 41.3 Å². The van der Waals surface area contributed by atoms with Gasteiger partial charge in [-0.25, -0.2) is 0 Å². The maximum Gasteiger partial charge on any atom is 0.104 e. The number of hydrogen-bond donors (Lipinski definition) is 0. The third-order valence-electron chi connectivity index (χ3n) is 9.70. The molecule has 0 amide bonds. The van der Waals surface area contributed by atoms with E-state index in [1.54, 1.807) is 0 Å². The van der Waals surface area contributed by atoms with Crippen molar-refractivity contribution >= 4 is 0 Å². The number of quaternary nitrogens is 2. The Kier molecular flexibility index (Phi) is 20.0. The lowest BCUT2D eigenvalue weighted by molar-refractivity contribution is -0.903. The van der Waals surface area contributed by atoms with Gasteiger partial charge in [-0.1, -0.05) is 165 Å². The minimum Gasteiger partial charge on any atom is -0.325 e. The van der Waals surface area contributed by atoms with Gasteiger partial charge in [-0.2, -0.15) is 0 Å². The lowest BCUT2D eigenvalue weighted by Gasteiger charge is -2.30. The minimum absolute atomic E-state index is 1.08. The van der Waals surface area contributed by atoms with Crippen LogP contribution < -0.4 is 0 Å². The van der Waals surface area contributed by atoms with Gasteiger partial charge in [-0.05, 0) is 36.8 Å². The zero-order valence-electron chi connectivity index (χ0n) is 30.5. The Morgan fingerprint density at radius 1 is 0.341 bits per heavy atom. The van der Waals surface area contributed by atoms with Crippen molar-refractivity contribution in [1.82, 2.24) is 0 Å². The molecule has 0 bridgehead atoms. The molecule has 0 aliphatic rings. The van der Waals surface area contributed by atoms with Gasteiger partial charge in [0.15, 0.2) is 0 Å². The Morgan fingerprint density at radius 3 is 0.864 bits per heavy atom. The fraction of sp³-hybridized carbons (Fsp3) is 0.714. The highest BCUT2D eigenvalue weighted by Gasteiger charge is 2.17. The van der Waals surface area contributed by atoms with Crippen molar-refractivity contribution in [3.63, 3.8) is 0 Å². The van der Waals surface area contributed by atoms with Crippen molar-refractivity contribution < 1.29 is 8.97 Å². The summed E-state index contributed by atoms with van der Waals surface area (Å²) in [4.78, 5) is 0. The minimum atomic E-state index is 1.08. The zero-order valence-corrected chi connectivity index (χ0v) is 30.5. The van der Waals surface area contributed by atoms with Crippen LogP contribution in [0.5, 0.6) is 0 Å². The van der Waals surface area contributed by atoms with Crippen LogP contribution >= 0.6 is 0 Å². The van der Waals surface area contributed by atoms with Crippen molar-refractivity contribution in [3.8, 4) is 11.1 Å². The molecule has 0 aliphatic heterocycles. The van der Waals surface area contributed by atoms with E-state index in [0.717, 1.165) is 22.1 Å². The normalized spacial score (nSPS) is 12.2. The van der Waals surface area contributed by atoms with E-state index in [1.165, 1.54) is 164 Å². The van der Waals surface area contributed by atoms with Crippen LogP contribution in [0.25, 0.3) is 11.1 Å². The maximum absolute atomic E-state index is 2.40. The molecule has 0 saturated heterocycles. The SMILES string of the molecule is CCCCCCCCCCCC[N+](C)(C)Cc1ccc(-c2ccc(C[N+](C)(C)CCCCCCCCCCCC)cc2)cc1. The summed E-state index contributed by atoms with van der Waals surface area (Å²) in [5.41, 5.74) is 5.57. The molecular weight excluding hydrogens is 532 g/mol. The smallest absolute Gasteiger partial charge is 0.104 e. The molecule has 0 saturated carbocycles. The third-order valence-corrected chi connectivity index (χ3v) is 9.70. The van der Waals surface area contributed by atoms with E-state index in [4.69, 9.17) is 0 Å². The Bertz CT molecular complexity index is 861. The summed E-state index contributed by atoms with van der Waals surface area (Å²) in [5.74, 6) is 0. The van der Waals surface area contributed by atoms with Crippen LogP contribution in [-0.2, 0) is 13.1 Å². The Labute approximate surface area is 275 Å². The van der Waals surface area contributed by atoms with E-state index >= 15 is 0 Å². The van der Waals surface area contributed by atoms with Crippen molar-refractivity contribution in [1.29, 1.82) is 0 Å². The molecule has 0 radical (unpaired) electrons. The molecule has 2 heteroatoms. The first kappa shape index (κ1) is 38.5. The molecule has 0 heterocycles. The van der Waals surface area contributed by atoms with E-state index < -0.39 is 0 Å². The summed E-state index contributed by atoms with van der Waals surface area (Å²) in [5, 5.41) is 0. The maximum atomic E-state index is 2.40. The predicted molar refractivity (Wildman–Crippen MR) is 197 cm³/mol. The quantitative estimate of drug-likeness (QED) is 0.0701. The van der Waals surface area contributed by atoms with E-state index in [9.17, 15) is 0 Å². The van der Waals surface area contributed by atoms with Crippen LogP contribution in [-0.4, -0.2) is 50.2 Å². The molecule has 0 N–H and O–H groups in total. The first-order valence-electron chi connectivity index (χ1n) is 19.1. The second-order valence-electron chi connectivity index (χ2n) is 15.4. The molecular formula is C42H74N2+2. The van der Waals surface area contributed by atoms with E-state index in [1.807, 2.05) is 0 Å². The van der Waals surface area contributed by atoms with Gasteiger partial charge < -0.3 is 8.97 Å². The average Bonchev–Trinajstić information content (AvgIpc) is 2.99. The first-order chi connectivity index (χ1) is 21.2. The van der Waals surface area contributed by atoms with E-state index in [0.29, 0.717) is 0 Å². The fourth-order valence-corrected chi connectivity index (χ4v) is 6.81. The molecule has 2 nitrogen and oxygen atoms in total. The second-order valence-corrected chi connectivity index (χ2v) is 15.4. The monoisotopic (exact) mass is 607 g/mol. The van der Waals surface area contributed by atoms with Gasteiger partial charge in [-0.15, -0.1) is 0 Å². The summed E-state index contributed by atoms with van der Waals surface area (Å²) >= 11 is 0. The Balaban J connectivity index is 1.65. The van der Waals surface area contributed by atoms with Crippen LogP contribution in [0.3, 0.4) is 0 Å². The van der Waals surface area contributed by atoms with Gasteiger partial charge in [0.25, 0.3) is 0 Å². The Morgan fingerprint density at radius 2 is 0.591 bits per heavy atom. The lowest BCUT2D eigenvalue weighted by atomic mass is 10.0. The number of unbranched alkanes of at least 4 members (excludes halogenated alkanes) is 18. The van der Waals surface area contributed by atoms with Crippen LogP contribution in [0, 0.1) is 0 Å². The Hall–Kier alpha value is -1.64. The first-order valence-corrected chi connectivity index (χ1v) is 19.1. The summed E-state index contributed by atoms with van der Waals surface area (Å²) in [6.45, 7) is 9.37. The van der Waals surface area contributed by atoms with E-state index in [-0.39, 0.29) is 0 Å². The van der Waals surface area contributed by atoms with Crippen molar-refractivity contribution in [2.24, 2.45) is 0 Å². The lowest BCUT2D eigenvalue weighted by Crippen LogP contribution is -2.39. The van der Waals surface area contributed by atoms with Gasteiger partial charge in [0.2, 0.25) is 0 Å². The third kappa shape index (κ3) is 18.4. The summed E-state index contributed by atoms with van der Waals surface area (Å²) in [6.07, 6.45) is 28.2. The van der Waals surface area contributed by atoms with Gasteiger partial charge in [0.1, 0.15) is 13.1 Å². The van der Waals surface area contributed by atoms with Gasteiger partial charge in [0, 0.05) is 11.1 Å². The molecule has 44 heavy (non-hydrogen) atoms. The molecule has 0 aliphatic carbocycles. The van der Waals surface area contributed by atoms with Crippen LogP contribution in [0.4, 0.5) is 0 Å². The molecule has 0 spiro atoms. The highest BCUT2D eigenvalue weighted by Crippen LogP contribution is 2.23. The van der Waals surface area contributed by atoms with Crippen LogP contribution in [0.15, 0.2) is 48.5 Å².